The molecule has 0 aliphatic carbocycles. The highest BCUT2D eigenvalue weighted by molar-refractivity contribution is 7.89. The van der Waals surface area contributed by atoms with E-state index in [-0.39, 0.29) is 12.1 Å². The number of benzene rings is 1. The lowest BCUT2D eigenvalue weighted by Crippen LogP contribution is -2.23. The average molecular weight is 310 g/mol. The standard InChI is InChI=1S/C12H17F3N2O2S/c1-3-17(4-2)8-9-5-10(12(13,14)15)7-11(6-9)20(16,18)19/h5-7H,3-4,8H2,1-2H3,(H2,16,18,19). The van der Waals surface area contributed by atoms with Crippen LogP contribution in [0.3, 0.4) is 0 Å². The zero-order valence-corrected chi connectivity index (χ0v) is 12.1. The molecule has 114 valence electrons. The van der Waals surface area contributed by atoms with Gasteiger partial charge < -0.3 is 0 Å². The summed E-state index contributed by atoms with van der Waals surface area (Å²) < 4.78 is 60.9. The Bertz CT molecular complexity index is 567. The number of hydrogen-bond donors (Lipinski definition) is 1. The van der Waals surface area contributed by atoms with Crippen molar-refractivity contribution in [2.24, 2.45) is 5.14 Å². The lowest BCUT2D eigenvalue weighted by Gasteiger charge is -2.19. The number of hydrogen-bond acceptors (Lipinski definition) is 3. The molecule has 4 nitrogen and oxygen atoms in total. The van der Waals surface area contributed by atoms with Crippen LogP contribution in [0.2, 0.25) is 0 Å². The molecule has 0 aromatic heterocycles. The molecule has 1 aromatic rings. The number of halogens is 3. The van der Waals surface area contributed by atoms with E-state index in [0.717, 1.165) is 6.07 Å². The van der Waals surface area contributed by atoms with Crippen molar-refractivity contribution in [3.8, 4) is 0 Å². The number of primary sulfonamides is 1. The van der Waals surface area contributed by atoms with Crippen molar-refractivity contribution in [1.82, 2.24) is 4.90 Å². The van der Waals surface area contributed by atoms with E-state index < -0.39 is 26.7 Å². The Labute approximate surface area is 116 Å². The van der Waals surface area contributed by atoms with Gasteiger partial charge in [-0.2, -0.15) is 13.2 Å². The SMILES string of the molecule is CCN(CC)Cc1cc(C(F)(F)F)cc(S(N)(=O)=O)c1. The van der Waals surface area contributed by atoms with Gasteiger partial charge in [0.05, 0.1) is 10.5 Å². The van der Waals surface area contributed by atoms with Crippen molar-refractivity contribution in [3.05, 3.63) is 29.3 Å². The molecule has 1 rings (SSSR count). The van der Waals surface area contributed by atoms with Gasteiger partial charge in [-0.1, -0.05) is 13.8 Å². The maximum absolute atomic E-state index is 12.8. The molecule has 0 saturated carbocycles. The smallest absolute Gasteiger partial charge is 0.300 e. The monoisotopic (exact) mass is 310 g/mol. The number of sulfonamides is 1. The molecular formula is C12H17F3N2O2S. The van der Waals surface area contributed by atoms with E-state index in [0.29, 0.717) is 19.2 Å². The fourth-order valence-electron chi connectivity index (χ4n) is 1.79. The summed E-state index contributed by atoms with van der Waals surface area (Å²) in [5.41, 5.74) is -0.737. The molecule has 0 bridgehead atoms. The van der Waals surface area contributed by atoms with Crippen LogP contribution in [-0.4, -0.2) is 26.4 Å². The first-order valence-corrected chi connectivity index (χ1v) is 7.58. The zero-order chi connectivity index (χ0) is 15.6. The molecule has 0 spiro atoms. The summed E-state index contributed by atoms with van der Waals surface area (Å²) in [5, 5.41) is 4.92. The summed E-state index contributed by atoms with van der Waals surface area (Å²) in [5.74, 6) is 0. The number of rotatable bonds is 5. The molecule has 0 atom stereocenters. The summed E-state index contributed by atoms with van der Waals surface area (Å²) >= 11 is 0. The van der Waals surface area contributed by atoms with Gasteiger partial charge in [-0.25, -0.2) is 13.6 Å². The molecule has 0 radical (unpaired) electrons. The summed E-state index contributed by atoms with van der Waals surface area (Å²) in [6, 6.07) is 2.69. The third-order valence-corrected chi connectivity index (χ3v) is 3.82. The maximum Gasteiger partial charge on any atom is 0.416 e. The predicted molar refractivity (Wildman–Crippen MR) is 69.4 cm³/mol. The van der Waals surface area contributed by atoms with E-state index in [9.17, 15) is 21.6 Å². The minimum absolute atomic E-state index is 0.236. The highest BCUT2D eigenvalue weighted by Crippen LogP contribution is 2.31. The second kappa shape index (κ2) is 6.11. The third kappa shape index (κ3) is 4.46. The quantitative estimate of drug-likeness (QED) is 0.907. The van der Waals surface area contributed by atoms with Crippen LogP contribution >= 0.6 is 0 Å². The molecule has 0 aliphatic heterocycles. The van der Waals surface area contributed by atoms with Crippen LogP contribution in [0.1, 0.15) is 25.0 Å². The average Bonchev–Trinajstić information content (AvgIpc) is 2.33. The zero-order valence-electron chi connectivity index (χ0n) is 11.2. The lowest BCUT2D eigenvalue weighted by atomic mass is 10.1. The van der Waals surface area contributed by atoms with Crippen LogP contribution in [0.5, 0.6) is 0 Å². The van der Waals surface area contributed by atoms with Crippen LogP contribution < -0.4 is 5.14 Å². The lowest BCUT2D eigenvalue weighted by molar-refractivity contribution is -0.137. The Kier molecular flexibility index (Phi) is 5.17. The van der Waals surface area contributed by atoms with Crippen LogP contribution in [0.15, 0.2) is 23.1 Å². The summed E-state index contributed by atoms with van der Waals surface area (Å²) in [6.07, 6.45) is -4.61. The van der Waals surface area contributed by atoms with Crippen molar-refractivity contribution in [1.29, 1.82) is 0 Å². The largest absolute Gasteiger partial charge is 0.416 e. The molecule has 0 heterocycles. The highest BCUT2D eigenvalue weighted by Gasteiger charge is 2.32. The van der Waals surface area contributed by atoms with Gasteiger partial charge in [0.25, 0.3) is 0 Å². The first kappa shape index (κ1) is 16.9. The van der Waals surface area contributed by atoms with Crippen LogP contribution in [-0.2, 0) is 22.7 Å². The molecule has 2 N–H and O–H groups in total. The first-order chi connectivity index (χ1) is 9.07. The molecule has 0 aliphatic rings. The summed E-state index contributed by atoms with van der Waals surface area (Å²) in [4.78, 5) is 1.36. The molecule has 8 heteroatoms. The number of alkyl halides is 3. The van der Waals surface area contributed by atoms with E-state index >= 15 is 0 Å². The fourth-order valence-corrected chi connectivity index (χ4v) is 2.39. The maximum atomic E-state index is 12.8. The van der Waals surface area contributed by atoms with E-state index in [1.807, 2.05) is 18.7 Å². The van der Waals surface area contributed by atoms with Gasteiger partial charge in [0.1, 0.15) is 0 Å². The Morgan fingerprint density at radius 3 is 2.10 bits per heavy atom. The van der Waals surface area contributed by atoms with E-state index in [2.05, 4.69) is 0 Å². The number of nitrogens with zero attached hydrogens (tertiary/aromatic N) is 1. The minimum Gasteiger partial charge on any atom is -0.300 e. The molecule has 0 unspecified atom stereocenters. The van der Waals surface area contributed by atoms with Gasteiger partial charge >= 0.3 is 6.18 Å². The molecule has 0 amide bonds. The topological polar surface area (TPSA) is 63.4 Å². The van der Waals surface area contributed by atoms with Crippen molar-refractivity contribution >= 4 is 10.0 Å². The van der Waals surface area contributed by atoms with E-state index in [1.165, 1.54) is 6.07 Å². The van der Waals surface area contributed by atoms with Crippen molar-refractivity contribution in [2.45, 2.75) is 31.5 Å². The van der Waals surface area contributed by atoms with E-state index in [1.54, 1.807) is 0 Å². The predicted octanol–water partition coefficient (Wildman–Crippen LogP) is 2.19. The van der Waals surface area contributed by atoms with Gasteiger partial charge in [0.2, 0.25) is 10.0 Å². The summed E-state index contributed by atoms with van der Waals surface area (Å²) in [7, 11) is -4.18. The van der Waals surface area contributed by atoms with Crippen LogP contribution in [0.25, 0.3) is 0 Å². The Morgan fingerprint density at radius 1 is 1.15 bits per heavy atom. The second-order valence-electron chi connectivity index (χ2n) is 4.37. The Morgan fingerprint density at radius 2 is 1.70 bits per heavy atom. The molecule has 0 fully saturated rings. The Hall–Kier alpha value is -1.12. The minimum atomic E-state index is -4.61. The van der Waals surface area contributed by atoms with Gasteiger partial charge in [0.15, 0.2) is 0 Å². The van der Waals surface area contributed by atoms with Gasteiger partial charge in [-0.15, -0.1) is 0 Å². The van der Waals surface area contributed by atoms with Gasteiger partial charge in [-0.05, 0) is 36.9 Å². The normalized spacial score (nSPS) is 12.9. The molecule has 1 aromatic carbocycles. The second-order valence-corrected chi connectivity index (χ2v) is 5.93. The first-order valence-electron chi connectivity index (χ1n) is 6.04. The number of nitrogens with two attached hydrogens (primary N) is 1. The van der Waals surface area contributed by atoms with Crippen molar-refractivity contribution in [2.75, 3.05) is 13.1 Å². The van der Waals surface area contributed by atoms with Crippen LogP contribution in [0, 0.1) is 0 Å². The van der Waals surface area contributed by atoms with Gasteiger partial charge in [-0.3, -0.25) is 4.90 Å². The van der Waals surface area contributed by atoms with E-state index in [4.69, 9.17) is 5.14 Å². The summed E-state index contributed by atoms with van der Waals surface area (Å²) in [6.45, 7) is 5.28. The fraction of sp³-hybridized carbons (Fsp3) is 0.500. The molecule has 20 heavy (non-hydrogen) atoms. The Balaban J connectivity index is 3.31. The molecule has 0 saturated heterocycles. The van der Waals surface area contributed by atoms with Crippen molar-refractivity contribution < 1.29 is 21.6 Å². The highest BCUT2D eigenvalue weighted by atomic mass is 32.2. The van der Waals surface area contributed by atoms with Crippen LogP contribution in [0.4, 0.5) is 13.2 Å². The van der Waals surface area contributed by atoms with Crippen molar-refractivity contribution in [3.63, 3.8) is 0 Å². The molecular weight excluding hydrogens is 293 g/mol. The van der Waals surface area contributed by atoms with Gasteiger partial charge in [0, 0.05) is 6.54 Å². The third-order valence-electron chi connectivity index (χ3n) is 2.92.